The zero-order valence-electron chi connectivity index (χ0n) is 18.3. The molecule has 3 aromatic carbocycles. The minimum absolute atomic E-state index is 0.0740. The number of carbonyl (C=O) groups is 1. The van der Waals surface area contributed by atoms with Crippen LogP contribution >= 0.6 is 15.9 Å². The topological polar surface area (TPSA) is 98.8 Å². The van der Waals surface area contributed by atoms with E-state index in [0.717, 1.165) is 28.7 Å². The number of para-hydroxylation sites is 1. The Hall–Kier alpha value is -3.98. The Morgan fingerprint density at radius 3 is 2.62 bits per heavy atom. The molecule has 4 aromatic rings. The smallest absolute Gasteiger partial charge is 0.277 e. The van der Waals surface area contributed by atoms with E-state index in [1.54, 1.807) is 6.21 Å². The van der Waals surface area contributed by atoms with Crippen LogP contribution in [0.3, 0.4) is 0 Å². The molecular formula is C25H21BrN4O4. The number of fused-ring (bicyclic) bond motifs is 1. The molecular weight excluding hydrogens is 500 g/mol. The van der Waals surface area contributed by atoms with Crippen molar-refractivity contribution in [2.75, 3.05) is 6.61 Å². The average molecular weight is 521 g/mol. The molecule has 1 aromatic heterocycles. The molecule has 0 aliphatic rings. The van der Waals surface area contributed by atoms with E-state index in [4.69, 9.17) is 4.74 Å². The molecule has 0 unspecified atom stereocenters. The zero-order chi connectivity index (χ0) is 24.1. The van der Waals surface area contributed by atoms with E-state index in [1.165, 1.54) is 23.8 Å². The summed E-state index contributed by atoms with van der Waals surface area (Å²) >= 11 is 3.21. The van der Waals surface area contributed by atoms with Crippen molar-refractivity contribution in [3.05, 3.63) is 104 Å². The first-order chi connectivity index (χ1) is 16.4. The summed E-state index contributed by atoms with van der Waals surface area (Å²) in [5.41, 5.74) is 6.64. The molecule has 0 bridgehead atoms. The van der Waals surface area contributed by atoms with Gasteiger partial charge in [-0.15, -0.1) is 0 Å². The van der Waals surface area contributed by atoms with E-state index < -0.39 is 10.8 Å². The van der Waals surface area contributed by atoms with Crippen molar-refractivity contribution >= 4 is 44.6 Å². The number of amides is 1. The molecule has 1 heterocycles. The average Bonchev–Trinajstić information content (AvgIpc) is 3.10. The summed E-state index contributed by atoms with van der Waals surface area (Å²) in [6.45, 7) is 2.47. The number of carbonyl (C=O) groups excluding carboxylic acids is 1. The Morgan fingerprint density at radius 1 is 1.15 bits per heavy atom. The quantitative estimate of drug-likeness (QED) is 0.196. The van der Waals surface area contributed by atoms with Crippen LogP contribution in [-0.2, 0) is 11.3 Å². The fourth-order valence-corrected chi connectivity index (χ4v) is 4.14. The lowest BCUT2D eigenvalue weighted by Crippen LogP contribution is -2.24. The third kappa shape index (κ3) is 5.15. The van der Waals surface area contributed by atoms with Crippen molar-refractivity contribution in [2.45, 2.75) is 13.5 Å². The Kier molecular flexibility index (Phi) is 7.03. The van der Waals surface area contributed by atoms with Gasteiger partial charge in [-0.25, -0.2) is 5.43 Å². The van der Waals surface area contributed by atoms with E-state index >= 15 is 0 Å². The van der Waals surface area contributed by atoms with Gasteiger partial charge in [-0.05, 0) is 40.5 Å². The maximum absolute atomic E-state index is 12.2. The van der Waals surface area contributed by atoms with Gasteiger partial charge in [-0.2, -0.15) is 5.10 Å². The molecule has 0 aliphatic heterocycles. The number of hydrogen-bond acceptors (Lipinski definition) is 5. The molecule has 0 atom stereocenters. The van der Waals surface area contributed by atoms with Gasteiger partial charge < -0.3 is 9.30 Å². The van der Waals surface area contributed by atoms with Gasteiger partial charge in [0.1, 0.15) is 5.75 Å². The lowest BCUT2D eigenvalue weighted by molar-refractivity contribution is -0.384. The largest absolute Gasteiger partial charge is 0.483 e. The maximum atomic E-state index is 12.2. The van der Waals surface area contributed by atoms with Gasteiger partial charge in [0.05, 0.1) is 15.6 Å². The second kappa shape index (κ2) is 10.3. The van der Waals surface area contributed by atoms with E-state index in [9.17, 15) is 14.9 Å². The van der Waals surface area contributed by atoms with Gasteiger partial charge in [0.25, 0.3) is 11.6 Å². The number of nitrogens with one attached hydrogen (secondary N) is 1. The number of nitro benzene ring substituents is 1. The standard InChI is InChI=1S/C25H21BrN4O4/c1-17-21(20-9-5-6-10-23(20)29(17)15-18-7-3-2-4-8-18)14-27-28-25(31)16-34-24-12-11-19(30(32)33)13-22(24)26/h2-14H,15-16H2,1H3,(H,28,31)/b27-14+. The highest BCUT2D eigenvalue weighted by Crippen LogP contribution is 2.29. The minimum Gasteiger partial charge on any atom is -0.483 e. The number of nitrogens with zero attached hydrogens (tertiary/aromatic N) is 3. The van der Waals surface area contributed by atoms with Crippen molar-refractivity contribution in [1.29, 1.82) is 0 Å². The summed E-state index contributed by atoms with van der Waals surface area (Å²) in [7, 11) is 0. The lowest BCUT2D eigenvalue weighted by Gasteiger charge is -2.08. The van der Waals surface area contributed by atoms with Crippen molar-refractivity contribution < 1.29 is 14.5 Å². The summed E-state index contributed by atoms with van der Waals surface area (Å²) in [5.74, 6) is -0.128. The highest BCUT2D eigenvalue weighted by molar-refractivity contribution is 9.10. The zero-order valence-corrected chi connectivity index (χ0v) is 19.9. The second-order valence-electron chi connectivity index (χ2n) is 7.54. The monoisotopic (exact) mass is 520 g/mol. The van der Waals surface area contributed by atoms with Crippen LogP contribution in [0.1, 0.15) is 16.8 Å². The molecule has 0 saturated carbocycles. The lowest BCUT2D eigenvalue weighted by atomic mass is 10.1. The van der Waals surface area contributed by atoms with Gasteiger partial charge in [-0.3, -0.25) is 14.9 Å². The fraction of sp³-hybridized carbons (Fsp3) is 0.120. The number of aromatic nitrogens is 1. The molecule has 0 saturated heterocycles. The number of nitro groups is 1. The highest BCUT2D eigenvalue weighted by Gasteiger charge is 2.14. The molecule has 4 rings (SSSR count). The van der Waals surface area contributed by atoms with Crippen LogP contribution in [0, 0.1) is 17.0 Å². The van der Waals surface area contributed by atoms with Crippen LogP contribution in [0.15, 0.2) is 82.4 Å². The van der Waals surface area contributed by atoms with Crippen LogP contribution < -0.4 is 10.2 Å². The molecule has 0 radical (unpaired) electrons. The third-order valence-corrected chi connectivity index (χ3v) is 5.95. The molecule has 0 spiro atoms. The summed E-state index contributed by atoms with van der Waals surface area (Å²) < 4.78 is 8.06. The van der Waals surface area contributed by atoms with Crippen LogP contribution in [-0.4, -0.2) is 28.2 Å². The Bertz CT molecular complexity index is 1380. The minimum atomic E-state index is -0.505. The van der Waals surface area contributed by atoms with Crippen molar-refractivity contribution in [3.8, 4) is 5.75 Å². The molecule has 172 valence electrons. The van der Waals surface area contributed by atoms with Crippen LogP contribution in [0.2, 0.25) is 0 Å². The first-order valence-electron chi connectivity index (χ1n) is 10.4. The van der Waals surface area contributed by atoms with E-state index in [-0.39, 0.29) is 12.3 Å². The number of rotatable bonds is 8. The molecule has 34 heavy (non-hydrogen) atoms. The van der Waals surface area contributed by atoms with Crippen LogP contribution in [0.25, 0.3) is 10.9 Å². The molecule has 0 aliphatic carbocycles. The SMILES string of the molecule is Cc1c(/C=N/NC(=O)COc2ccc([N+](=O)[O-])cc2Br)c2ccccc2n1Cc1ccccc1. The summed E-state index contributed by atoms with van der Waals surface area (Å²) in [4.78, 5) is 22.5. The van der Waals surface area contributed by atoms with E-state index in [2.05, 4.69) is 49.2 Å². The van der Waals surface area contributed by atoms with Gasteiger partial charge >= 0.3 is 0 Å². The van der Waals surface area contributed by atoms with E-state index in [1.807, 2.05) is 43.3 Å². The predicted octanol–water partition coefficient (Wildman–Crippen LogP) is 5.20. The van der Waals surface area contributed by atoms with Crippen molar-refractivity contribution in [3.63, 3.8) is 0 Å². The van der Waals surface area contributed by atoms with E-state index in [0.29, 0.717) is 10.2 Å². The Balaban J connectivity index is 1.45. The molecule has 1 amide bonds. The number of halogens is 1. The summed E-state index contributed by atoms with van der Waals surface area (Å²) in [5, 5.41) is 16.0. The van der Waals surface area contributed by atoms with Crippen LogP contribution in [0.4, 0.5) is 5.69 Å². The van der Waals surface area contributed by atoms with Gasteiger partial charge in [0.2, 0.25) is 0 Å². The van der Waals surface area contributed by atoms with Crippen LogP contribution in [0.5, 0.6) is 5.75 Å². The van der Waals surface area contributed by atoms with Gasteiger partial charge in [0, 0.05) is 40.8 Å². The van der Waals surface area contributed by atoms with Crippen molar-refractivity contribution in [1.82, 2.24) is 9.99 Å². The third-order valence-electron chi connectivity index (χ3n) is 5.33. The number of non-ortho nitro benzene ring substituents is 1. The summed E-state index contributed by atoms with van der Waals surface area (Å²) in [6, 6.07) is 22.3. The van der Waals surface area contributed by atoms with Gasteiger partial charge in [0.15, 0.2) is 6.61 Å². The second-order valence-corrected chi connectivity index (χ2v) is 8.40. The number of hydrazone groups is 1. The first kappa shape index (κ1) is 23.2. The van der Waals surface area contributed by atoms with Crippen molar-refractivity contribution in [2.24, 2.45) is 5.10 Å². The normalized spacial score (nSPS) is 11.1. The molecule has 0 fully saturated rings. The Labute approximate surface area is 204 Å². The molecule has 9 heteroatoms. The molecule has 1 N–H and O–H groups in total. The Morgan fingerprint density at radius 2 is 1.88 bits per heavy atom. The first-order valence-corrected chi connectivity index (χ1v) is 11.2. The highest BCUT2D eigenvalue weighted by atomic mass is 79.9. The fourth-order valence-electron chi connectivity index (χ4n) is 3.66. The van der Waals surface area contributed by atoms with Gasteiger partial charge in [-0.1, -0.05) is 48.5 Å². The maximum Gasteiger partial charge on any atom is 0.277 e. The summed E-state index contributed by atoms with van der Waals surface area (Å²) in [6.07, 6.45) is 1.64. The number of ether oxygens (including phenoxy) is 1. The number of hydrogen-bond donors (Lipinski definition) is 1. The predicted molar refractivity (Wildman–Crippen MR) is 134 cm³/mol. The molecule has 8 nitrogen and oxygen atoms in total. The number of benzene rings is 3.